The second-order valence-corrected chi connectivity index (χ2v) is 5.40. The van der Waals surface area contributed by atoms with Crippen LogP contribution in [-0.4, -0.2) is 43.0 Å². The predicted octanol–water partition coefficient (Wildman–Crippen LogP) is 1.93. The van der Waals surface area contributed by atoms with Crippen LogP contribution in [0.15, 0.2) is 24.3 Å². The first-order valence-corrected chi connectivity index (χ1v) is 7.35. The van der Waals surface area contributed by atoms with Gasteiger partial charge in [0.2, 0.25) is 0 Å². The Morgan fingerprint density at radius 1 is 1.10 bits per heavy atom. The molecule has 1 aromatic rings. The summed E-state index contributed by atoms with van der Waals surface area (Å²) in [5, 5.41) is 23.1. The Hall–Kier alpha value is -1.10. The van der Waals surface area contributed by atoms with Crippen LogP contribution in [0.2, 0.25) is 0 Å². The summed E-state index contributed by atoms with van der Waals surface area (Å²) in [6, 6.07) is 7.94. The average molecular weight is 280 g/mol. The van der Waals surface area contributed by atoms with E-state index >= 15 is 0 Å². The quantitative estimate of drug-likeness (QED) is 0.681. The summed E-state index contributed by atoms with van der Waals surface area (Å²) >= 11 is 0. The molecule has 20 heavy (non-hydrogen) atoms. The fourth-order valence-electron chi connectivity index (χ4n) is 2.24. The number of aliphatic hydroxyl groups excluding tert-OH is 2. The van der Waals surface area contributed by atoms with Gasteiger partial charge >= 0.3 is 0 Å². The van der Waals surface area contributed by atoms with Gasteiger partial charge in [-0.25, -0.2) is 0 Å². The first-order valence-electron chi connectivity index (χ1n) is 7.35. The van der Waals surface area contributed by atoms with Crippen molar-refractivity contribution in [1.29, 1.82) is 0 Å². The van der Waals surface area contributed by atoms with Crippen molar-refractivity contribution in [3.05, 3.63) is 29.8 Å². The van der Waals surface area contributed by atoms with E-state index in [1.54, 1.807) is 0 Å². The number of hydrogen-bond donors (Lipinski definition) is 3. The van der Waals surface area contributed by atoms with Gasteiger partial charge in [-0.15, -0.1) is 0 Å². The molecule has 1 aromatic carbocycles. The van der Waals surface area contributed by atoms with E-state index in [4.69, 9.17) is 0 Å². The van der Waals surface area contributed by atoms with Gasteiger partial charge in [-0.05, 0) is 30.5 Å². The number of nitrogens with zero attached hydrogens (tertiary/aromatic N) is 1. The number of nitrogens with one attached hydrogen (secondary N) is 1. The van der Waals surface area contributed by atoms with E-state index in [1.807, 2.05) is 57.1 Å². The van der Waals surface area contributed by atoms with Gasteiger partial charge in [0, 0.05) is 31.9 Å². The summed E-state index contributed by atoms with van der Waals surface area (Å²) in [5.41, 5.74) is 2.02. The minimum atomic E-state index is -0.559. The van der Waals surface area contributed by atoms with Gasteiger partial charge in [0.25, 0.3) is 0 Å². The van der Waals surface area contributed by atoms with Crippen LogP contribution in [0, 0.1) is 0 Å². The third kappa shape index (κ3) is 4.47. The molecule has 3 N–H and O–H groups in total. The average Bonchev–Trinajstić information content (AvgIpc) is 2.48. The molecule has 1 rings (SSSR count). The van der Waals surface area contributed by atoms with Crippen molar-refractivity contribution >= 4 is 5.69 Å². The van der Waals surface area contributed by atoms with E-state index < -0.39 is 6.10 Å². The highest BCUT2D eigenvalue weighted by atomic mass is 16.3. The Morgan fingerprint density at radius 3 is 2.10 bits per heavy atom. The van der Waals surface area contributed by atoms with Crippen molar-refractivity contribution in [2.45, 2.75) is 44.9 Å². The third-order valence-corrected chi connectivity index (χ3v) is 3.73. The molecule has 4 nitrogen and oxygen atoms in total. The highest BCUT2D eigenvalue weighted by Crippen LogP contribution is 2.22. The molecular formula is C16H28N2O2. The lowest BCUT2D eigenvalue weighted by Crippen LogP contribution is -2.43. The molecule has 0 aliphatic carbocycles. The standard InChI is InChI=1S/C16H28N2O2/c1-5-13(11-19)17-15(6-2)16(20)12-7-9-14(10-8-12)18(3)4/h7-10,13,15-17,19-20H,5-6,11H2,1-4H3. The second-order valence-electron chi connectivity index (χ2n) is 5.40. The van der Waals surface area contributed by atoms with Crippen LogP contribution in [0.5, 0.6) is 0 Å². The molecule has 0 aliphatic rings. The summed E-state index contributed by atoms with van der Waals surface area (Å²) in [4.78, 5) is 2.03. The first kappa shape index (κ1) is 17.0. The number of hydrogen-bond acceptors (Lipinski definition) is 4. The Labute approximate surface area is 122 Å². The van der Waals surface area contributed by atoms with Crippen LogP contribution in [0.1, 0.15) is 38.4 Å². The van der Waals surface area contributed by atoms with Crippen LogP contribution in [0.4, 0.5) is 5.69 Å². The highest BCUT2D eigenvalue weighted by molar-refractivity contribution is 5.46. The smallest absolute Gasteiger partial charge is 0.0942 e. The number of benzene rings is 1. The topological polar surface area (TPSA) is 55.7 Å². The van der Waals surface area contributed by atoms with Crippen molar-refractivity contribution < 1.29 is 10.2 Å². The molecule has 0 aliphatic heterocycles. The molecule has 0 spiro atoms. The zero-order chi connectivity index (χ0) is 15.1. The molecular weight excluding hydrogens is 252 g/mol. The van der Waals surface area contributed by atoms with Crippen molar-refractivity contribution in [1.82, 2.24) is 5.32 Å². The molecule has 0 heterocycles. The van der Waals surface area contributed by atoms with E-state index in [1.165, 1.54) is 0 Å². The van der Waals surface area contributed by atoms with Crippen LogP contribution < -0.4 is 10.2 Å². The number of anilines is 1. The fraction of sp³-hybridized carbons (Fsp3) is 0.625. The lowest BCUT2D eigenvalue weighted by molar-refractivity contribution is 0.109. The van der Waals surface area contributed by atoms with Crippen molar-refractivity contribution in [3.8, 4) is 0 Å². The van der Waals surface area contributed by atoms with Crippen LogP contribution >= 0.6 is 0 Å². The van der Waals surface area contributed by atoms with Gasteiger partial charge in [-0.3, -0.25) is 0 Å². The molecule has 0 fully saturated rings. The highest BCUT2D eigenvalue weighted by Gasteiger charge is 2.21. The Balaban J connectivity index is 2.77. The summed E-state index contributed by atoms with van der Waals surface area (Å²) in [5.74, 6) is 0. The van der Waals surface area contributed by atoms with Crippen LogP contribution in [0.25, 0.3) is 0 Å². The lowest BCUT2D eigenvalue weighted by atomic mass is 9.98. The van der Waals surface area contributed by atoms with Gasteiger partial charge < -0.3 is 20.4 Å². The Morgan fingerprint density at radius 2 is 1.70 bits per heavy atom. The zero-order valence-corrected chi connectivity index (χ0v) is 13.0. The molecule has 0 radical (unpaired) electrons. The first-order chi connectivity index (χ1) is 9.53. The molecule has 3 atom stereocenters. The van der Waals surface area contributed by atoms with E-state index in [2.05, 4.69) is 5.32 Å². The molecule has 114 valence electrons. The molecule has 0 bridgehead atoms. The Bertz CT molecular complexity index is 375. The third-order valence-electron chi connectivity index (χ3n) is 3.73. The van der Waals surface area contributed by atoms with Crippen LogP contribution in [-0.2, 0) is 0 Å². The maximum atomic E-state index is 10.5. The van der Waals surface area contributed by atoms with E-state index in [-0.39, 0.29) is 18.7 Å². The zero-order valence-electron chi connectivity index (χ0n) is 13.0. The van der Waals surface area contributed by atoms with Crippen molar-refractivity contribution in [2.75, 3.05) is 25.6 Å². The SMILES string of the molecule is CCC(CO)NC(CC)C(O)c1ccc(N(C)C)cc1. The second kappa shape index (κ2) is 8.25. The number of aliphatic hydroxyl groups is 2. The largest absolute Gasteiger partial charge is 0.395 e. The van der Waals surface area contributed by atoms with Crippen molar-refractivity contribution in [2.24, 2.45) is 0 Å². The summed E-state index contributed by atoms with van der Waals surface area (Å²) < 4.78 is 0. The molecule has 0 saturated carbocycles. The summed E-state index contributed by atoms with van der Waals surface area (Å²) in [6.45, 7) is 4.16. The minimum Gasteiger partial charge on any atom is -0.395 e. The van der Waals surface area contributed by atoms with Gasteiger partial charge in [-0.2, -0.15) is 0 Å². The van der Waals surface area contributed by atoms with E-state index in [0.29, 0.717) is 0 Å². The minimum absolute atomic E-state index is 0.0376. The van der Waals surface area contributed by atoms with Gasteiger partial charge in [0.05, 0.1) is 12.7 Å². The number of rotatable bonds is 8. The van der Waals surface area contributed by atoms with Crippen LogP contribution in [0.3, 0.4) is 0 Å². The fourth-order valence-corrected chi connectivity index (χ4v) is 2.24. The molecule has 4 heteroatoms. The van der Waals surface area contributed by atoms with Gasteiger partial charge in [0.15, 0.2) is 0 Å². The van der Waals surface area contributed by atoms with E-state index in [0.717, 1.165) is 24.1 Å². The van der Waals surface area contributed by atoms with E-state index in [9.17, 15) is 10.2 Å². The van der Waals surface area contributed by atoms with Crippen molar-refractivity contribution in [3.63, 3.8) is 0 Å². The predicted molar refractivity (Wildman–Crippen MR) is 84.1 cm³/mol. The van der Waals surface area contributed by atoms with Gasteiger partial charge in [0.1, 0.15) is 0 Å². The summed E-state index contributed by atoms with van der Waals surface area (Å²) in [6.07, 6.45) is 1.10. The molecule has 0 saturated heterocycles. The Kier molecular flexibility index (Phi) is 6.99. The maximum absolute atomic E-state index is 10.5. The normalized spacial score (nSPS) is 15.7. The monoisotopic (exact) mass is 280 g/mol. The van der Waals surface area contributed by atoms with Gasteiger partial charge in [-0.1, -0.05) is 26.0 Å². The summed E-state index contributed by atoms with van der Waals surface area (Å²) in [7, 11) is 3.99. The molecule has 0 amide bonds. The lowest BCUT2D eigenvalue weighted by Gasteiger charge is -2.27. The molecule has 3 unspecified atom stereocenters. The maximum Gasteiger partial charge on any atom is 0.0942 e. The molecule has 0 aromatic heterocycles.